The lowest BCUT2D eigenvalue weighted by atomic mass is 10.4. The largest absolute Gasteiger partial charge is 0.347 e. The molecule has 0 aliphatic rings. The van der Waals surface area contributed by atoms with E-state index in [9.17, 15) is 8.42 Å². The lowest BCUT2D eigenvalue weighted by Crippen LogP contribution is -2.23. The van der Waals surface area contributed by atoms with E-state index in [0.717, 1.165) is 23.5 Å². The van der Waals surface area contributed by atoms with Gasteiger partial charge in [0.15, 0.2) is 0 Å². The van der Waals surface area contributed by atoms with Crippen LogP contribution in [0, 0.1) is 0 Å². The SMILES string of the molecule is CCCNCc1cc(S(=O)(=O)NCc2cnc[nH]2)cs1. The number of aromatic amines is 1. The first-order valence-corrected chi connectivity index (χ1v) is 8.73. The van der Waals surface area contributed by atoms with Crippen molar-refractivity contribution in [3.8, 4) is 0 Å². The average Bonchev–Trinajstić information content (AvgIpc) is 3.08. The van der Waals surface area contributed by atoms with Crippen molar-refractivity contribution in [2.24, 2.45) is 0 Å². The van der Waals surface area contributed by atoms with E-state index in [1.165, 1.54) is 17.7 Å². The number of hydrogen-bond acceptors (Lipinski definition) is 5. The van der Waals surface area contributed by atoms with Crippen LogP contribution in [0.4, 0.5) is 0 Å². The van der Waals surface area contributed by atoms with Crippen LogP contribution >= 0.6 is 11.3 Å². The Morgan fingerprint density at radius 2 is 2.25 bits per heavy atom. The monoisotopic (exact) mass is 314 g/mol. The van der Waals surface area contributed by atoms with Crippen LogP contribution in [-0.2, 0) is 23.1 Å². The fourth-order valence-corrected chi connectivity index (χ4v) is 3.87. The van der Waals surface area contributed by atoms with Gasteiger partial charge in [-0.15, -0.1) is 11.3 Å². The lowest BCUT2D eigenvalue weighted by Gasteiger charge is -2.03. The van der Waals surface area contributed by atoms with Gasteiger partial charge in [0.05, 0.1) is 17.8 Å². The molecule has 0 aliphatic heterocycles. The molecule has 0 bridgehead atoms. The second-order valence-corrected chi connectivity index (χ2v) is 7.09. The van der Waals surface area contributed by atoms with Crippen LogP contribution in [0.2, 0.25) is 0 Å². The molecule has 8 heteroatoms. The summed E-state index contributed by atoms with van der Waals surface area (Å²) in [5.74, 6) is 0. The van der Waals surface area contributed by atoms with Crippen LogP contribution in [0.5, 0.6) is 0 Å². The molecule has 2 heterocycles. The summed E-state index contributed by atoms with van der Waals surface area (Å²) in [6.07, 6.45) is 4.17. The molecule has 0 saturated heterocycles. The third kappa shape index (κ3) is 4.14. The number of imidazole rings is 1. The molecule has 0 aromatic carbocycles. The van der Waals surface area contributed by atoms with Crippen molar-refractivity contribution in [1.82, 2.24) is 20.0 Å². The lowest BCUT2D eigenvalue weighted by molar-refractivity contribution is 0.581. The number of thiophene rings is 1. The first-order valence-electron chi connectivity index (χ1n) is 6.37. The Balaban J connectivity index is 1.95. The average molecular weight is 314 g/mol. The molecule has 0 spiro atoms. The maximum Gasteiger partial charge on any atom is 0.241 e. The Morgan fingerprint density at radius 1 is 1.40 bits per heavy atom. The van der Waals surface area contributed by atoms with E-state index in [4.69, 9.17) is 0 Å². The minimum atomic E-state index is -3.46. The van der Waals surface area contributed by atoms with E-state index in [2.05, 4.69) is 26.9 Å². The van der Waals surface area contributed by atoms with E-state index in [1.807, 2.05) is 0 Å². The van der Waals surface area contributed by atoms with Crippen molar-refractivity contribution in [2.75, 3.05) is 6.54 Å². The highest BCUT2D eigenvalue weighted by molar-refractivity contribution is 7.89. The molecule has 110 valence electrons. The Hall–Kier alpha value is -1.22. The van der Waals surface area contributed by atoms with Gasteiger partial charge in [-0.3, -0.25) is 0 Å². The van der Waals surface area contributed by atoms with Crippen LogP contribution in [0.25, 0.3) is 0 Å². The van der Waals surface area contributed by atoms with Gasteiger partial charge in [-0.05, 0) is 19.0 Å². The number of hydrogen-bond donors (Lipinski definition) is 3. The molecule has 0 saturated carbocycles. The normalized spacial score (nSPS) is 11.8. The third-order valence-electron chi connectivity index (χ3n) is 2.67. The Bertz CT molecular complexity index is 620. The van der Waals surface area contributed by atoms with Crippen molar-refractivity contribution in [1.29, 1.82) is 0 Å². The summed E-state index contributed by atoms with van der Waals surface area (Å²) >= 11 is 1.45. The van der Waals surface area contributed by atoms with Crippen molar-refractivity contribution in [3.05, 3.63) is 34.5 Å². The summed E-state index contributed by atoms with van der Waals surface area (Å²) in [6, 6.07) is 1.71. The Labute approximate surface area is 122 Å². The van der Waals surface area contributed by atoms with Gasteiger partial charge in [0.1, 0.15) is 0 Å². The predicted molar refractivity (Wildman–Crippen MR) is 78.9 cm³/mol. The van der Waals surface area contributed by atoms with Crippen LogP contribution in [0.15, 0.2) is 28.9 Å². The fraction of sp³-hybridized carbons (Fsp3) is 0.417. The number of rotatable bonds is 8. The zero-order chi connectivity index (χ0) is 14.4. The van der Waals surface area contributed by atoms with E-state index in [1.54, 1.807) is 17.6 Å². The summed E-state index contributed by atoms with van der Waals surface area (Å²) in [6.45, 7) is 3.94. The summed E-state index contributed by atoms with van der Waals surface area (Å²) in [4.78, 5) is 8.03. The van der Waals surface area contributed by atoms with Gasteiger partial charge in [-0.25, -0.2) is 18.1 Å². The highest BCUT2D eigenvalue weighted by atomic mass is 32.2. The van der Waals surface area contributed by atoms with E-state index >= 15 is 0 Å². The minimum absolute atomic E-state index is 0.210. The Morgan fingerprint density at radius 3 is 2.95 bits per heavy atom. The number of aromatic nitrogens is 2. The quantitative estimate of drug-likeness (QED) is 0.644. The van der Waals surface area contributed by atoms with E-state index in [-0.39, 0.29) is 6.54 Å². The number of nitrogens with zero attached hydrogens (tertiary/aromatic N) is 1. The van der Waals surface area contributed by atoms with Crippen LogP contribution in [0.1, 0.15) is 23.9 Å². The number of sulfonamides is 1. The minimum Gasteiger partial charge on any atom is -0.347 e. The number of H-pyrrole nitrogens is 1. The molecule has 3 N–H and O–H groups in total. The molecular weight excluding hydrogens is 296 g/mol. The van der Waals surface area contributed by atoms with E-state index < -0.39 is 10.0 Å². The second-order valence-electron chi connectivity index (χ2n) is 4.33. The van der Waals surface area contributed by atoms with Crippen molar-refractivity contribution in [3.63, 3.8) is 0 Å². The fourth-order valence-electron chi connectivity index (χ4n) is 1.62. The highest BCUT2D eigenvalue weighted by Crippen LogP contribution is 2.19. The van der Waals surface area contributed by atoms with Gasteiger partial charge in [0.2, 0.25) is 10.0 Å². The summed E-state index contributed by atoms with van der Waals surface area (Å²) in [7, 11) is -3.46. The number of nitrogens with one attached hydrogen (secondary N) is 3. The molecule has 2 rings (SSSR count). The maximum absolute atomic E-state index is 12.1. The molecule has 0 fully saturated rings. The molecule has 0 unspecified atom stereocenters. The van der Waals surface area contributed by atoms with Gasteiger partial charge in [-0.2, -0.15) is 0 Å². The van der Waals surface area contributed by atoms with Gasteiger partial charge in [-0.1, -0.05) is 6.92 Å². The van der Waals surface area contributed by atoms with Crippen molar-refractivity contribution in [2.45, 2.75) is 31.3 Å². The van der Waals surface area contributed by atoms with Gasteiger partial charge < -0.3 is 10.3 Å². The third-order valence-corrected chi connectivity index (χ3v) is 5.14. The Kier molecular flexibility index (Phi) is 5.30. The smallest absolute Gasteiger partial charge is 0.241 e. The summed E-state index contributed by atoms with van der Waals surface area (Å²) < 4.78 is 26.8. The van der Waals surface area contributed by atoms with Crippen LogP contribution in [0.3, 0.4) is 0 Å². The molecule has 2 aromatic heterocycles. The zero-order valence-corrected chi connectivity index (χ0v) is 12.9. The maximum atomic E-state index is 12.1. The van der Waals surface area contributed by atoms with Crippen LogP contribution < -0.4 is 10.0 Å². The molecule has 6 nitrogen and oxygen atoms in total. The van der Waals surface area contributed by atoms with E-state index in [0.29, 0.717) is 11.4 Å². The van der Waals surface area contributed by atoms with Gasteiger partial charge in [0, 0.05) is 28.7 Å². The van der Waals surface area contributed by atoms with Crippen molar-refractivity contribution < 1.29 is 8.42 Å². The molecular formula is C12H18N4O2S2. The predicted octanol–water partition coefficient (Wildman–Crippen LogP) is 1.45. The molecule has 0 atom stereocenters. The van der Waals surface area contributed by atoms with Gasteiger partial charge >= 0.3 is 0 Å². The standard InChI is InChI=1S/C12H18N4O2S2/c1-2-3-13-7-11-4-12(8-19-11)20(17,18)16-6-10-5-14-9-15-10/h4-5,8-9,13,16H,2-3,6-7H2,1H3,(H,14,15). The summed E-state index contributed by atoms with van der Waals surface area (Å²) in [5, 5.41) is 4.92. The highest BCUT2D eigenvalue weighted by Gasteiger charge is 2.16. The molecule has 2 aromatic rings. The molecule has 0 aliphatic carbocycles. The van der Waals surface area contributed by atoms with Crippen molar-refractivity contribution >= 4 is 21.4 Å². The first-order chi connectivity index (χ1) is 9.62. The molecule has 0 amide bonds. The van der Waals surface area contributed by atoms with Crippen LogP contribution in [-0.4, -0.2) is 24.9 Å². The molecule has 20 heavy (non-hydrogen) atoms. The molecule has 0 radical (unpaired) electrons. The van der Waals surface area contributed by atoms with Gasteiger partial charge in [0.25, 0.3) is 0 Å². The second kappa shape index (κ2) is 6.98. The summed E-state index contributed by atoms with van der Waals surface area (Å²) in [5.41, 5.74) is 0.730. The first kappa shape index (κ1) is 15.2. The topological polar surface area (TPSA) is 86.9 Å². The zero-order valence-electron chi connectivity index (χ0n) is 11.2.